The van der Waals surface area contributed by atoms with Crippen LogP contribution in [0.2, 0.25) is 8.87 Å². The SMILES string of the molecule is CCCCCCC[CH2][Sn]([CH2]CCCCCCC)([O]C(=O)C(C=CCCCCCCCCCCCCCCCCO)CS)[O]C(=O)C(C=CCCCCCCCCCCCCCCCCO)CS. The van der Waals surface area contributed by atoms with Crippen LogP contribution < -0.4 is 0 Å². The number of thiol groups is 2. The Morgan fingerprint density at radius 2 is 0.627 bits per heavy atom. The first kappa shape index (κ1) is 66.8. The number of allylic oxidation sites excluding steroid dienone is 2. The van der Waals surface area contributed by atoms with Gasteiger partial charge in [0.2, 0.25) is 0 Å². The second-order valence-corrected chi connectivity index (χ2v) is 30.1. The number of hydrogen-bond donors (Lipinski definition) is 4. The minimum atomic E-state index is -4.26. The predicted molar refractivity (Wildman–Crippen MR) is 300 cm³/mol. The van der Waals surface area contributed by atoms with Gasteiger partial charge in [-0.1, -0.05) is 89.9 Å². The summed E-state index contributed by atoms with van der Waals surface area (Å²) in [6.45, 7) is 5.15. The van der Waals surface area contributed by atoms with Crippen molar-refractivity contribution in [1.29, 1.82) is 0 Å². The van der Waals surface area contributed by atoms with E-state index in [1.165, 1.54) is 205 Å². The molecule has 2 unspecified atom stereocenters. The fourth-order valence-electron chi connectivity index (χ4n) is 9.16. The van der Waals surface area contributed by atoms with Crippen molar-refractivity contribution in [2.75, 3.05) is 24.7 Å². The Kier molecular flexibility index (Phi) is 53.5. The molecule has 0 aliphatic heterocycles. The zero-order chi connectivity index (χ0) is 49.0. The summed E-state index contributed by atoms with van der Waals surface area (Å²) in [6, 6.07) is 0. The fourth-order valence-corrected chi connectivity index (χ4v) is 19.2. The van der Waals surface area contributed by atoms with Crippen molar-refractivity contribution in [2.45, 2.75) is 292 Å². The molecule has 0 spiro atoms. The van der Waals surface area contributed by atoms with E-state index in [-0.39, 0.29) is 11.9 Å². The summed E-state index contributed by atoms with van der Waals surface area (Å²) in [5.74, 6) is -0.577. The van der Waals surface area contributed by atoms with Gasteiger partial charge in [0.1, 0.15) is 0 Å². The van der Waals surface area contributed by atoms with Gasteiger partial charge in [-0.05, 0) is 12.8 Å². The Hall–Kier alpha value is -0.161. The summed E-state index contributed by atoms with van der Waals surface area (Å²) >= 11 is 5.00. The molecular weight excluding hydrogens is 975 g/mol. The molecule has 0 aliphatic rings. The molecule has 0 aromatic heterocycles. The third kappa shape index (κ3) is 44.3. The molecule has 67 heavy (non-hydrogen) atoms. The Labute approximate surface area is 432 Å². The van der Waals surface area contributed by atoms with Crippen molar-refractivity contribution >= 4 is 56.4 Å². The zero-order valence-electron chi connectivity index (χ0n) is 44.3. The van der Waals surface area contributed by atoms with E-state index in [0.717, 1.165) is 73.1 Å². The summed E-state index contributed by atoms with van der Waals surface area (Å²) in [7, 11) is 0. The third-order valence-corrected chi connectivity index (χ3v) is 24.1. The molecule has 0 radical (unpaired) electrons. The molecule has 2 atom stereocenters. The van der Waals surface area contributed by atoms with Crippen LogP contribution in [0.15, 0.2) is 24.3 Å². The molecule has 2 N–H and O–H groups in total. The van der Waals surface area contributed by atoms with Crippen LogP contribution >= 0.6 is 25.3 Å². The van der Waals surface area contributed by atoms with E-state index >= 15 is 0 Å². The van der Waals surface area contributed by atoms with E-state index in [1.807, 2.05) is 12.2 Å². The molecule has 0 saturated carbocycles. The number of hydrogen-bond acceptors (Lipinski definition) is 8. The van der Waals surface area contributed by atoms with Crippen LogP contribution in [0.1, 0.15) is 284 Å². The molecule has 0 rings (SSSR count). The molecule has 0 fully saturated rings. The quantitative estimate of drug-likeness (QED) is 0.0210. The summed E-state index contributed by atoms with van der Waals surface area (Å²) in [4.78, 5) is 28.2. The standard InChI is InChI=1S/2C21H40O3S.2C8H17.Sn/c2*22-18-16-14-12-10-8-6-4-2-1-3-5-7-9-11-13-15-17-20(19-25)21(23)24;2*1-3-5-7-8-6-4-2;/h2*15,17,20,22,25H,1-14,16,18-19H2,(H,23,24);2*1,3-8H2,2H3;/q;;;;+2/p-2. The summed E-state index contributed by atoms with van der Waals surface area (Å²) in [5, 5.41) is 17.8. The molecule has 0 bridgehead atoms. The van der Waals surface area contributed by atoms with E-state index in [0.29, 0.717) is 24.7 Å². The number of rotatable bonds is 54. The van der Waals surface area contributed by atoms with Crippen molar-refractivity contribution < 1.29 is 26.0 Å². The Balaban J connectivity index is 5.22. The van der Waals surface area contributed by atoms with Gasteiger partial charge in [0.15, 0.2) is 0 Å². The molecule has 0 aliphatic carbocycles. The first-order valence-electron chi connectivity index (χ1n) is 29.2. The van der Waals surface area contributed by atoms with Crippen LogP contribution in [0, 0.1) is 11.8 Å². The summed E-state index contributed by atoms with van der Waals surface area (Å²) in [5.41, 5.74) is 0. The van der Waals surface area contributed by atoms with Crippen molar-refractivity contribution in [3.05, 3.63) is 24.3 Å². The Bertz CT molecular complexity index is 1020. The zero-order valence-corrected chi connectivity index (χ0v) is 49.0. The van der Waals surface area contributed by atoms with E-state index < -0.39 is 31.0 Å². The third-order valence-electron chi connectivity index (χ3n) is 13.7. The number of aliphatic hydroxyl groups excluding tert-OH is 2. The molecular formula is C58H112O6S2Sn. The van der Waals surface area contributed by atoms with Gasteiger partial charge in [-0.2, -0.15) is 0 Å². The van der Waals surface area contributed by atoms with Gasteiger partial charge < -0.3 is 10.2 Å². The van der Waals surface area contributed by atoms with E-state index in [1.54, 1.807) is 0 Å². The molecule has 0 heterocycles. The van der Waals surface area contributed by atoms with Crippen molar-refractivity contribution in [3.8, 4) is 0 Å². The fraction of sp³-hybridized carbons (Fsp3) is 0.897. The van der Waals surface area contributed by atoms with Crippen molar-refractivity contribution in [3.63, 3.8) is 0 Å². The van der Waals surface area contributed by atoms with Gasteiger partial charge in [-0.25, -0.2) is 0 Å². The van der Waals surface area contributed by atoms with Crippen LogP contribution in [0.4, 0.5) is 0 Å². The van der Waals surface area contributed by atoms with Crippen LogP contribution in [0.5, 0.6) is 0 Å². The molecule has 396 valence electrons. The minimum absolute atomic E-state index is 0.243. The van der Waals surface area contributed by atoms with E-state index in [9.17, 15) is 9.59 Å². The van der Waals surface area contributed by atoms with E-state index in [2.05, 4.69) is 51.3 Å². The van der Waals surface area contributed by atoms with Gasteiger partial charge in [-0.15, -0.1) is 0 Å². The van der Waals surface area contributed by atoms with E-state index in [4.69, 9.17) is 16.4 Å². The normalized spacial score (nSPS) is 13.0. The Morgan fingerprint density at radius 3 is 0.881 bits per heavy atom. The van der Waals surface area contributed by atoms with Crippen LogP contribution in [-0.4, -0.2) is 66.1 Å². The van der Waals surface area contributed by atoms with Crippen molar-refractivity contribution in [2.24, 2.45) is 11.8 Å². The number of carbonyl (C=O) groups is 2. The predicted octanol–water partition coefficient (Wildman–Crippen LogP) is 18.1. The van der Waals surface area contributed by atoms with Gasteiger partial charge >= 0.3 is 309 Å². The van der Waals surface area contributed by atoms with Crippen LogP contribution in [-0.2, 0) is 15.7 Å². The maximum absolute atomic E-state index is 14.1. The molecule has 0 aromatic carbocycles. The number of unbranched alkanes of at least 4 members (excludes halogenated alkanes) is 38. The van der Waals surface area contributed by atoms with Gasteiger partial charge in [0.25, 0.3) is 0 Å². The second kappa shape index (κ2) is 53.6. The van der Waals surface area contributed by atoms with Crippen molar-refractivity contribution in [1.82, 2.24) is 0 Å². The Morgan fingerprint density at radius 1 is 0.388 bits per heavy atom. The first-order valence-corrected chi connectivity index (χ1v) is 36.8. The second-order valence-electron chi connectivity index (χ2n) is 20.1. The topological polar surface area (TPSA) is 93.1 Å². The van der Waals surface area contributed by atoms with Crippen LogP contribution in [0.25, 0.3) is 0 Å². The van der Waals surface area contributed by atoms with Gasteiger partial charge in [0, 0.05) is 13.2 Å². The molecule has 0 amide bonds. The maximum atomic E-state index is 14.1. The average Bonchev–Trinajstić information content (AvgIpc) is 3.33. The molecule has 9 heteroatoms. The molecule has 0 saturated heterocycles. The summed E-state index contributed by atoms with van der Waals surface area (Å²) < 4.78 is 14.9. The number of carbonyl (C=O) groups excluding carboxylic acids is 2. The van der Waals surface area contributed by atoms with Crippen LogP contribution in [0.3, 0.4) is 0 Å². The van der Waals surface area contributed by atoms with Gasteiger partial charge in [0.05, 0.1) is 0 Å². The first-order chi connectivity index (χ1) is 32.9. The monoisotopic (exact) mass is 1090 g/mol. The average molecular weight is 1090 g/mol. The summed E-state index contributed by atoms with van der Waals surface area (Å²) in [6.07, 6.45) is 59.4. The molecule has 6 nitrogen and oxygen atoms in total. The van der Waals surface area contributed by atoms with Gasteiger partial charge in [-0.3, -0.25) is 0 Å². The molecule has 0 aromatic rings. The number of aliphatic hydroxyl groups is 2.